The smallest absolute Gasteiger partial charge is 0.257 e. The number of nitrogens with zero attached hydrogens (tertiary/aromatic N) is 1. The average molecular weight is 538 g/mol. The number of carbonyl (C=O) groups is 1. The number of nitrogens with one attached hydrogen (secondary N) is 2. The highest BCUT2D eigenvalue weighted by Gasteiger charge is 2.42. The number of aromatic nitrogens is 2. The van der Waals surface area contributed by atoms with Gasteiger partial charge in [-0.3, -0.25) is 9.59 Å². The van der Waals surface area contributed by atoms with Crippen LogP contribution in [0, 0.1) is 5.41 Å². The average Bonchev–Trinajstić information content (AvgIpc) is 2.85. The zero-order chi connectivity index (χ0) is 26.3. The van der Waals surface area contributed by atoms with E-state index in [2.05, 4.69) is 24.1 Å². The number of allylic oxidation sites excluding steroid dienone is 2. The molecule has 1 unspecified atom stereocenters. The van der Waals surface area contributed by atoms with Crippen LogP contribution in [0.2, 0.25) is 5.02 Å². The van der Waals surface area contributed by atoms with Crippen LogP contribution in [0.15, 0.2) is 63.7 Å². The minimum Gasteiger partial charge on any atom is -0.493 e. The van der Waals surface area contributed by atoms with E-state index in [0.717, 1.165) is 16.8 Å². The first kappa shape index (κ1) is 25.4. The number of aromatic amines is 1. The zero-order valence-electron chi connectivity index (χ0n) is 21.1. The molecule has 37 heavy (non-hydrogen) atoms. The van der Waals surface area contributed by atoms with Gasteiger partial charge in [-0.2, -0.15) is 0 Å². The highest BCUT2D eigenvalue weighted by atomic mass is 35.5. The molecule has 9 heteroatoms. The summed E-state index contributed by atoms with van der Waals surface area (Å²) < 4.78 is 10.9. The van der Waals surface area contributed by atoms with Crippen LogP contribution in [-0.4, -0.2) is 30.0 Å². The molecule has 1 aliphatic carbocycles. The van der Waals surface area contributed by atoms with E-state index in [1.165, 1.54) is 11.8 Å². The normalized spacial score (nSPS) is 18.1. The summed E-state index contributed by atoms with van der Waals surface area (Å²) >= 11 is 7.54. The van der Waals surface area contributed by atoms with Crippen LogP contribution in [0.3, 0.4) is 0 Å². The predicted octanol–water partition coefficient (Wildman–Crippen LogP) is 5.93. The Labute approximate surface area is 224 Å². The molecule has 0 radical (unpaired) electrons. The van der Waals surface area contributed by atoms with Gasteiger partial charge in [-0.1, -0.05) is 55.4 Å². The third-order valence-electron chi connectivity index (χ3n) is 6.71. The van der Waals surface area contributed by atoms with Crippen molar-refractivity contribution in [1.29, 1.82) is 0 Å². The van der Waals surface area contributed by atoms with Crippen molar-refractivity contribution < 1.29 is 14.3 Å². The number of benzene rings is 2. The Balaban J connectivity index is 1.60. The Bertz CT molecular complexity index is 1480. The summed E-state index contributed by atoms with van der Waals surface area (Å²) in [5.74, 6) is 1.64. The molecule has 2 aromatic carbocycles. The third-order valence-corrected chi connectivity index (χ3v) is 7.89. The van der Waals surface area contributed by atoms with Gasteiger partial charge >= 0.3 is 0 Å². The van der Waals surface area contributed by atoms with Crippen molar-refractivity contribution in [1.82, 2.24) is 9.97 Å². The molecule has 1 aromatic heterocycles. The van der Waals surface area contributed by atoms with Gasteiger partial charge in [0.15, 0.2) is 22.4 Å². The fourth-order valence-corrected chi connectivity index (χ4v) is 6.12. The molecule has 0 bridgehead atoms. The lowest BCUT2D eigenvalue weighted by atomic mass is 9.69. The predicted molar refractivity (Wildman–Crippen MR) is 146 cm³/mol. The summed E-state index contributed by atoms with van der Waals surface area (Å²) in [6, 6.07) is 13.1. The molecule has 3 aromatic rings. The first-order chi connectivity index (χ1) is 17.7. The summed E-state index contributed by atoms with van der Waals surface area (Å²) in [4.78, 5) is 34.8. The summed E-state index contributed by atoms with van der Waals surface area (Å²) in [5, 5.41) is 4.52. The molecule has 1 aliphatic heterocycles. The fourth-order valence-electron chi connectivity index (χ4n) is 5.11. The molecule has 0 saturated carbocycles. The van der Waals surface area contributed by atoms with E-state index in [1.807, 2.05) is 36.4 Å². The van der Waals surface area contributed by atoms with Crippen LogP contribution in [0.5, 0.6) is 11.5 Å². The van der Waals surface area contributed by atoms with Crippen LogP contribution in [0.1, 0.15) is 49.3 Å². The van der Waals surface area contributed by atoms with Crippen LogP contribution in [0.25, 0.3) is 0 Å². The van der Waals surface area contributed by atoms with Gasteiger partial charge in [0, 0.05) is 34.4 Å². The standard InChI is InChI=1S/C28H28ClN3O4S/c1-28(2)12-18-23(19(33)13-28)22(16-8-9-20(35-3)21(11-16)36-4)24-25(30-18)31-27(32-26(24)34)37-14-15-6-5-7-17(29)10-15/h5-11,22H,12-14H2,1-4H3,(H2,30,31,32,34). The third kappa shape index (κ3) is 5.00. The first-order valence-electron chi connectivity index (χ1n) is 12.0. The molecule has 2 heterocycles. The maximum absolute atomic E-state index is 13.6. The number of rotatable bonds is 6. The number of methoxy groups -OCH3 is 2. The van der Waals surface area contributed by atoms with Crippen molar-refractivity contribution in [2.45, 2.75) is 43.5 Å². The molecular weight excluding hydrogens is 510 g/mol. The summed E-state index contributed by atoms with van der Waals surface area (Å²) in [7, 11) is 3.14. The number of thioether (sulfide) groups is 1. The van der Waals surface area contributed by atoms with Crippen molar-refractivity contribution in [2.24, 2.45) is 5.41 Å². The van der Waals surface area contributed by atoms with E-state index < -0.39 is 5.92 Å². The molecule has 5 rings (SSSR count). The Morgan fingerprint density at radius 3 is 2.59 bits per heavy atom. The lowest BCUT2D eigenvalue weighted by Crippen LogP contribution is -2.37. The van der Waals surface area contributed by atoms with Crippen molar-refractivity contribution in [3.05, 3.63) is 85.8 Å². The van der Waals surface area contributed by atoms with Crippen molar-refractivity contribution in [3.8, 4) is 11.5 Å². The van der Waals surface area contributed by atoms with Gasteiger partial charge in [0.2, 0.25) is 0 Å². The van der Waals surface area contributed by atoms with E-state index in [4.69, 9.17) is 26.1 Å². The van der Waals surface area contributed by atoms with Crippen LogP contribution in [0.4, 0.5) is 5.82 Å². The van der Waals surface area contributed by atoms with Gasteiger partial charge in [0.1, 0.15) is 5.82 Å². The quantitative estimate of drug-likeness (QED) is 0.297. The molecular formula is C28H28ClN3O4S. The maximum Gasteiger partial charge on any atom is 0.257 e. The number of anilines is 1. The van der Waals surface area contributed by atoms with Gasteiger partial charge in [-0.15, -0.1) is 0 Å². The Hall–Kier alpha value is -3.23. The number of ether oxygens (including phenoxy) is 2. The second-order valence-corrected chi connectivity index (χ2v) is 11.5. The molecule has 0 spiro atoms. The largest absolute Gasteiger partial charge is 0.493 e. The number of halogens is 1. The molecule has 7 nitrogen and oxygen atoms in total. The van der Waals surface area contributed by atoms with Crippen LogP contribution >= 0.6 is 23.4 Å². The topological polar surface area (TPSA) is 93.3 Å². The second-order valence-electron chi connectivity index (χ2n) is 10.1. The maximum atomic E-state index is 13.6. The van der Waals surface area contributed by atoms with Crippen molar-refractivity contribution in [2.75, 3.05) is 19.5 Å². The minimum atomic E-state index is -0.571. The lowest BCUT2D eigenvalue weighted by molar-refractivity contribution is -0.118. The van der Waals surface area contributed by atoms with Gasteiger partial charge in [0.25, 0.3) is 5.56 Å². The number of ketones is 1. The number of carbonyl (C=O) groups excluding carboxylic acids is 1. The van der Waals surface area contributed by atoms with Gasteiger partial charge in [0.05, 0.1) is 19.8 Å². The molecule has 2 N–H and O–H groups in total. The van der Waals surface area contributed by atoms with E-state index >= 15 is 0 Å². The zero-order valence-corrected chi connectivity index (χ0v) is 22.7. The number of fused-ring (bicyclic) bond motifs is 1. The SMILES string of the molecule is COc1ccc(C2C3=C(CC(C)(C)CC3=O)Nc3nc(SCc4cccc(Cl)c4)[nH]c(=O)c32)cc1OC. The molecule has 0 fully saturated rings. The van der Waals surface area contributed by atoms with Gasteiger partial charge < -0.3 is 19.8 Å². The van der Waals surface area contributed by atoms with Crippen LogP contribution < -0.4 is 20.3 Å². The summed E-state index contributed by atoms with van der Waals surface area (Å²) in [6.45, 7) is 4.16. The van der Waals surface area contributed by atoms with E-state index in [0.29, 0.717) is 57.2 Å². The summed E-state index contributed by atoms with van der Waals surface area (Å²) in [6.07, 6.45) is 1.09. The monoisotopic (exact) mass is 537 g/mol. The lowest BCUT2D eigenvalue weighted by Gasteiger charge is -2.38. The van der Waals surface area contributed by atoms with Crippen LogP contribution in [-0.2, 0) is 10.5 Å². The van der Waals surface area contributed by atoms with Gasteiger partial charge in [-0.05, 0) is 47.2 Å². The van der Waals surface area contributed by atoms with E-state index in [9.17, 15) is 9.59 Å². The van der Waals surface area contributed by atoms with E-state index in [1.54, 1.807) is 20.3 Å². The Morgan fingerprint density at radius 1 is 1.08 bits per heavy atom. The highest BCUT2D eigenvalue weighted by Crippen LogP contribution is 2.48. The molecule has 0 amide bonds. The highest BCUT2D eigenvalue weighted by molar-refractivity contribution is 7.98. The molecule has 1 atom stereocenters. The second kappa shape index (κ2) is 9.91. The number of hydrogen-bond donors (Lipinski definition) is 2. The van der Waals surface area contributed by atoms with Gasteiger partial charge in [-0.25, -0.2) is 4.98 Å². The van der Waals surface area contributed by atoms with Crippen molar-refractivity contribution in [3.63, 3.8) is 0 Å². The minimum absolute atomic E-state index is 0.0305. The van der Waals surface area contributed by atoms with Crippen molar-refractivity contribution >= 4 is 35.0 Å². The fraction of sp³-hybridized carbons (Fsp3) is 0.321. The Kier molecular flexibility index (Phi) is 6.81. The van der Waals surface area contributed by atoms with E-state index in [-0.39, 0.29) is 16.8 Å². The molecule has 0 saturated heterocycles. The molecule has 2 aliphatic rings. The number of H-pyrrole nitrogens is 1. The summed E-state index contributed by atoms with van der Waals surface area (Å²) in [5.41, 5.74) is 3.17. The first-order valence-corrected chi connectivity index (χ1v) is 13.3. The Morgan fingerprint density at radius 2 is 1.86 bits per heavy atom. The number of hydrogen-bond acceptors (Lipinski definition) is 7. The number of Topliss-reactive ketones (excluding diaryl/α,β-unsaturated/α-hetero) is 1. The molecule has 192 valence electrons.